The van der Waals surface area contributed by atoms with E-state index in [1.165, 1.54) is 61.7 Å². The Labute approximate surface area is 278 Å². The van der Waals surface area contributed by atoms with Gasteiger partial charge in [0.05, 0.1) is 30.3 Å². The fraction of sp³-hybridized carbons (Fsp3) is 0.273. The fourth-order valence-corrected chi connectivity index (χ4v) is 8.69. The molecular weight excluding hydrogens is 653 g/mol. The fourth-order valence-electron chi connectivity index (χ4n) is 7.76. The lowest BCUT2D eigenvalue weighted by atomic mass is 9.56. The Morgan fingerprint density at radius 1 is 0.894 bits per heavy atom. The van der Waals surface area contributed by atoms with Gasteiger partial charge in [0.25, 0.3) is 11.8 Å². The van der Waals surface area contributed by atoms with Crippen LogP contribution in [0.25, 0.3) is 0 Å². The monoisotopic (exact) mass is 678 g/mol. The molecule has 2 saturated heterocycles. The predicted octanol–water partition coefficient (Wildman–Crippen LogP) is 2.99. The quantitative estimate of drug-likeness (QED) is 0.162. The molecule has 6 atom stereocenters. The minimum atomic E-state index is -2.17. The van der Waals surface area contributed by atoms with Gasteiger partial charge in [-0.05, 0) is 66.7 Å². The number of ether oxygens (including phenoxy) is 1. The van der Waals surface area contributed by atoms with Crippen molar-refractivity contribution in [3.05, 3.63) is 89.8 Å². The average molecular weight is 679 g/mol. The maximum Gasteiger partial charge on any atom is 0.488 e. The number of carbonyl (C=O) groups is 4. The van der Waals surface area contributed by atoms with Crippen LogP contribution in [0.3, 0.4) is 0 Å². The van der Waals surface area contributed by atoms with Crippen molar-refractivity contribution in [3.63, 3.8) is 0 Å². The number of hydrogen-bond donors (Lipinski definition) is 3. The summed E-state index contributed by atoms with van der Waals surface area (Å²) >= 11 is 14.7. The van der Waals surface area contributed by atoms with Crippen molar-refractivity contribution in [2.45, 2.75) is 28.5 Å². The van der Waals surface area contributed by atoms with E-state index in [4.69, 9.17) is 27.9 Å². The van der Waals surface area contributed by atoms with Gasteiger partial charge in [0.1, 0.15) is 17.3 Å². The van der Waals surface area contributed by atoms with Crippen molar-refractivity contribution in [1.82, 2.24) is 0 Å². The zero-order valence-electron chi connectivity index (χ0n) is 24.6. The number of halogens is 3. The number of alkyl halides is 2. The van der Waals surface area contributed by atoms with Crippen molar-refractivity contribution < 1.29 is 43.5 Å². The van der Waals surface area contributed by atoms with Crippen LogP contribution in [0.2, 0.25) is 0 Å². The molecule has 7 rings (SSSR count). The number of phenols is 1. The number of imide groups is 2. The Kier molecular flexibility index (Phi) is 7.29. The van der Waals surface area contributed by atoms with E-state index in [9.17, 15) is 38.7 Å². The molecule has 3 N–H and O–H groups in total. The van der Waals surface area contributed by atoms with E-state index in [2.05, 4.69) is 0 Å². The molecule has 2 aliphatic carbocycles. The summed E-state index contributed by atoms with van der Waals surface area (Å²) in [5.41, 5.74) is 1.10. The topological polar surface area (TPSA) is 145 Å². The summed E-state index contributed by atoms with van der Waals surface area (Å²) in [5.74, 6) is -7.25. The van der Waals surface area contributed by atoms with E-state index in [1.807, 2.05) is 0 Å². The molecule has 3 aromatic rings. The first kappa shape index (κ1) is 31.4. The number of aromatic hydroxyl groups is 1. The molecule has 0 bridgehead atoms. The number of amides is 4. The molecule has 240 valence electrons. The summed E-state index contributed by atoms with van der Waals surface area (Å²) in [6.07, 6.45) is 1.57. The molecule has 2 aliphatic heterocycles. The largest absolute Gasteiger partial charge is 0.508 e. The number of methoxy groups -OCH3 is 1. The third kappa shape index (κ3) is 4.31. The molecule has 0 aromatic heterocycles. The summed E-state index contributed by atoms with van der Waals surface area (Å²) in [6, 6.07) is 14.7. The van der Waals surface area contributed by atoms with Gasteiger partial charge in [0, 0.05) is 17.5 Å². The normalized spacial score (nSPS) is 29.8. The summed E-state index contributed by atoms with van der Waals surface area (Å²) < 4.78 is 19.4. The van der Waals surface area contributed by atoms with Gasteiger partial charge in [0.15, 0.2) is 9.75 Å². The van der Waals surface area contributed by atoms with E-state index >= 15 is 0 Å². The van der Waals surface area contributed by atoms with Crippen LogP contribution in [0.5, 0.6) is 11.5 Å². The molecule has 14 heteroatoms. The molecule has 3 fully saturated rings. The van der Waals surface area contributed by atoms with Gasteiger partial charge in [-0.1, -0.05) is 29.8 Å². The van der Waals surface area contributed by atoms with Crippen molar-refractivity contribution in [3.8, 4) is 11.5 Å². The summed E-state index contributed by atoms with van der Waals surface area (Å²) in [4.78, 5) is 54.4. The minimum absolute atomic E-state index is 0.0475. The number of fused-ring (bicyclic) bond motifs is 4. The minimum Gasteiger partial charge on any atom is -0.508 e. The molecule has 4 aliphatic rings. The van der Waals surface area contributed by atoms with Gasteiger partial charge in [-0.3, -0.25) is 24.1 Å². The average Bonchev–Trinajstić information content (AvgIpc) is 3.39. The molecule has 10 nitrogen and oxygen atoms in total. The summed E-state index contributed by atoms with van der Waals surface area (Å²) in [6.45, 7) is 0. The summed E-state index contributed by atoms with van der Waals surface area (Å²) in [7, 11) is -0.472. The highest BCUT2D eigenvalue weighted by Crippen LogP contribution is 2.66. The molecule has 0 radical (unpaired) electrons. The van der Waals surface area contributed by atoms with Crippen LogP contribution in [0, 0.1) is 23.6 Å². The number of carbonyl (C=O) groups excluding carboxylic acids is 4. The Balaban J connectivity index is 1.40. The smallest absolute Gasteiger partial charge is 0.488 e. The zero-order valence-corrected chi connectivity index (χ0v) is 26.2. The van der Waals surface area contributed by atoms with Crippen LogP contribution >= 0.6 is 23.2 Å². The molecule has 4 amide bonds. The highest BCUT2D eigenvalue weighted by atomic mass is 35.5. The Morgan fingerprint density at radius 3 is 2.30 bits per heavy atom. The third-order valence-electron chi connectivity index (χ3n) is 9.85. The second-order valence-electron chi connectivity index (χ2n) is 12.2. The van der Waals surface area contributed by atoms with E-state index in [1.54, 1.807) is 6.08 Å². The highest BCUT2D eigenvalue weighted by molar-refractivity contribution is 6.59. The maximum absolute atomic E-state index is 14.5. The Bertz CT molecular complexity index is 1910. The van der Waals surface area contributed by atoms with Crippen LogP contribution in [-0.4, -0.2) is 62.8 Å². The number of nitrogens with zero attached hydrogens (tertiary/aromatic N) is 2. The number of allylic oxidation sites excluding steroid dienone is 2. The molecular formula is C33H26BCl2FN2O8. The molecule has 47 heavy (non-hydrogen) atoms. The second kappa shape index (κ2) is 10.9. The van der Waals surface area contributed by atoms with Crippen LogP contribution in [0.15, 0.2) is 78.4 Å². The van der Waals surface area contributed by atoms with Crippen molar-refractivity contribution in [2.24, 2.45) is 17.8 Å². The number of anilines is 2. The summed E-state index contributed by atoms with van der Waals surface area (Å²) in [5, 5.41) is 29.7. The molecule has 3 aromatic carbocycles. The lowest BCUT2D eigenvalue weighted by molar-refractivity contribution is -0.125. The van der Waals surface area contributed by atoms with Crippen LogP contribution in [0.1, 0.15) is 24.3 Å². The third-order valence-corrected chi connectivity index (χ3v) is 11.3. The first-order valence-corrected chi connectivity index (χ1v) is 15.5. The van der Waals surface area contributed by atoms with Crippen LogP contribution < -0.4 is 20.0 Å². The number of rotatable bonds is 5. The lowest BCUT2D eigenvalue weighted by Gasteiger charge is -2.50. The number of phenolic OH excluding ortho intramolecular Hbond substituents is 1. The van der Waals surface area contributed by atoms with Crippen molar-refractivity contribution in [1.29, 1.82) is 0 Å². The van der Waals surface area contributed by atoms with E-state index < -0.39 is 70.0 Å². The Hall–Kier alpha value is -4.23. The zero-order chi connectivity index (χ0) is 33.6. The lowest BCUT2D eigenvalue weighted by Crippen LogP contribution is -2.60. The van der Waals surface area contributed by atoms with E-state index in [-0.39, 0.29) is 41.2 Å². The van der Waals surface area contributed by atoms with Gasteiger partial charge in [-0.2, -0.15) is 0 Å². The molecule has 0 unspecified atom stereocenters. The second-order valence-corrected chi connectivity index (χ2v) is 13.4. The molecule has 1 saturated carbocycles. The first-order chi connectivity index (χ1) is 22.3. The number of benzene rings is 3. The van der Waals surface area contributed by atoms with Gasteiger partial charge >= 0.3 is 7.12 Å². The number of hydrogen-bond acceptors (Lipinski definition) is 8. The van der Waals surface area contributed by atoms with Crippen molar-refractivity contribution >= 4 is 70.8 Å². The molecule has 0 spiro atoms. The van der Waals surface area contributed by atoms with Gasteiger partial charge in [0.2, 0.25) is 11.8 Å². The SMILES string of the molecule is COc1cc(O)ccc1[C@H]1C2=CC[C@@H]3C(=O)N(c4cccc(B(O)O)c4)C(=O)[C@@H]3[C@@H]2C[C@@]2(Cl)C(=O)N(c3ccc(F)cc3)C(=O)[C@@]12Cl. The van der Waals surface area contributed by atoms with E-state index in [0.29, 0.717) is 11.1 Å². The van der Waals surface area contributed by atoms with Gasteiger partial charge in [-0.25, -0.2) is 9.29 Å². The molecule has 2 heterocycles. The Morgan fingerprint density at radius 2 is 1.62 bits per heavy atom. The van der Waals surface area contributed by atoms with Crippen LogP contribution in [0.4, 0.5) is 15.8 Å². The predicted molar refractivity (Wildman–Crippen MR) is 170 cm³/mol. The van der Waals surface area contributed by atoms with Crippen LogP contribution in [-0.2, 0) is 19.2 Å². The van der Waals surface area contributed by atoms with E-state index in [0.717, 1.165) is 21.9 Å². The highest BCUT2D eigenvalue weighted by Gasteiger charge is 2.77. The van der Waals surface area contributed by atoms with Crippen molar-refractivity contribution in [2.75, 3.05) is 16.9 Å². The standard InChI is InChI=1S/C33H26BCl2FN2O8/c1-47-25-14-20(40)9-10-22(25)27-21-11-12-23-26(29(42)38(28(23)41)19-4-2-3-16(13-19)34(45)46)24(21)15-32(35)30(43)39(31(44)33(27,32)36)18-7-5-17(37)6-8-18/h2-11,13-14,23-24,26-27,40,45-46H,12,15H2,1H3/t23-,24+,26-,27+,32+,33-/m0/s1. The van der Waals surface area contributed by atoms with Gasteiger partial charge in [-0.15, -0.1) is 23.2 Å². The first-order valence-electron chi connectivity index (χ1n) is 14.8. The maximum atomic E-state index is 14.5. The van der Waals surface area contributed by atoms with Gasteiger partial charge < -0.3 is 19.9 Å².